The Labute approximate surface area is 651 Å². The van der Waals surface area contributed by atoms with Crippen molar-refractivity contribution in [2.24, 2.45) is 35.5 Å². The minimum atomic E-state index is -5.65. The number of aliphatic carboxylic acids is 1. The highest BCUT2D eigenvalue weighted by Gasteiger charge is 2.50. The second kappa shape index (κ2) is 41.9. The number of carbonyl (C=O) groups is 9. The van der Waals surface area contributed by atoms with Crippen LogP contribution in [0.15, 0.2) is 0 Å². The lowest BCUT2D eigenvalue weighted by Gasteiger charge is -2.41. The van der Waals surface area contributed by atoms with Crippen LogP contribution in [0.2, 0.25) is 0 Å². The van der Waals surface area contributed by atoms with E-state index >= 15 is 0 Å². The van der Waals surface area contributed by atoms with Crippen LogP contribution in [0, 0.1) is 93.7 Å². The first-order valence-electron chi connectivity index (χ1n) is 37.6. The molecule has 16 atom stereocenters. The van der Waals surface area contributed by atoms with Crippen molar-refractivity contribution in [1.29, 1.82) is 0 Å². The minimum Gasteiger partial charge on any atom is -0.481 e. The van der Waals surface area contributed by atoms with Crippen LogP contribution in [0.4, 0.5) is 57.1 Å². The predicted octanol–water partition coefficient (Wildman–Crippen LogP) is 10.3. The van der Waals surface area contributed by atoms with E-state index in [0.717, 1.165) is 45.2 Å². The van der Waals surface area contributed by atoms with Gasteiger partial charge in [-0.15, -0.1) is 0 Å². The molecule has 6 amide bonds. The largest absolute Gasteiger partial charge is 0.491 e. The van der Waals surface area contributed by atoms with Crippen molar-refractivity contribution in [3.8, 4) is 11.5 Å². The van der Waals surface area contributed by atoms with Crippen molar-refractivity contribution in [1.82, 2.24) is 40.0 Å². The molecule has 642 valence electrons. The number of rotatable bonds is 32. The maximum atomic E-state index is 14.3. The molecule has 3 N–H and O–H groups in total. The van der Waals surface area contributed by atoms with Crippen LogP contribution in [0.5, 0.6) is 11.5 Å². The molecule has 0 aromatic heterocycles. The molecule has 4 heterocycles. The van der Waals surface area contributed by atoms with E-state index in [9.17, 15) is 105 Å². The molecule has 4 aliphatic rings. The summed E-state index contributed by atoms with van der Waals surface area (Å²) in [6.45, 7) is 24.6. The third-order valence-electron chi connectivity index (χ3n) is 22.8. The number of hydrogen-bond acceptors (Lipinski definition) is 17. The molecule has 0 bridgehead atoms. The van der Waals surface area contributed by atoms with Gasteiger partial charge in [0.2, 0.25) is 105 Å². The van der Waals surface area contributed by atoms with E-state index in [0.29, 0.717) is 38.6 Å². The molecule has 24 nitrogen and oxygen atoms in total. The number of likely N-dealkylation sites (N-methyl/N-ethyl adjacent to an activating group) is 4. The Hall–Kier alpha value is -7.48. The molecule has 0 aliphatic carbocycles. The third kappa shape index (κ3) is 22.6. The second-order valence-electron chi connectivity index (χ2n) is 30.6. The van der Waals surface area contributed by atoms with Crippen molar-refractivity contribution in [3.63, 3.8) is 0 Å². The number of benzene rings is 2. The Morgan fingerprint density at radius 3 is 1.09 bits per heavy atom. The predicted molar refractivity (Wildman–Crippen MR) is 384 cm³/mol. The highest BCUT2D eigenvalue weighted by molar-refractivity contribution is 5.93. The quantitative estimate of drug-likeness (QED) is 0.0202. The molecule has 2 aromatic rings. The van der Waals surface area contributed by atoms with E-state index in [1.165, 1.54) is 33.2 Å². The fourth-order valence-corrected chi connectivity index (χ4v) is 15.1. The van der Waals surface area contributed by atoms with Crippen molar-refractivity contribution in [2.45, 2.75) is 238 Å². The maximum Gasteiger partial charge on any atom is 0.491 e. The molecule has 2 aromatic carbocycles. The smallest absolute Gasteiger partial charge is 0.481 e. The van der Waals surface area contributed by atoms with Gasteiger partial charge in [-0.1, -0.05) is 68.2 Å². The third-order valence-corrected chi connectivity index (χ3v) is 22.8. The van der Waals surface area contributed by atoms with Gasteiger partial charge in [-0.3, -0.25) is 48.2 Å². The van der Waals surface area contributed by atoms with Gasteiger partial charge in [-0.2, -0.15) is 30.7 Å². The van der Waals surface area contributed by atoms with E-state index in [1.54, 1.807) is 42.8 Å². The number of carboxylic acids is 1. The van der Waals surface area contributed by atoms with E-state index in [2.05, 4.69) is 20.1 Å². The number of nitrogens with zero attached hydrogens (tertiary/aromatic N) is 6. The van der Waals surface area contributed by atoms with Gasteiger partial charge in [0.25, 0.3) is 0 Å². The first-order chi connectivity index (χ1) is 52.5. The standard InChI is InChI=1S/C37H55F5N4O7.C31H56N4O7.C8F8O2/c1-11-20(4)31(45(8)34(48)30(19(2)3)43-36(50)37(6)15-13-16-44(37)7)23(51-9)18-24(47)46-17-12-14-22(46)32(52-10)21(5)35(49)53-33-28(41)26(39)25(38)27(40)29(33)42;1-11-20(4)26(34(8)28(37)25(19(2)3)32-30(40)31(6)15-13-16-33(31)7)23(41-9)18-24(36)35-17-12-14-22(35)27(42-10)21(5)29(38)39;9-1-2(10)4(12)6(5(13)3(1)11)18-7(17)8(14,15)16/h19-23,30-32H,11-18H2,1-10H3,(H,43,50);19-23,25-27H,11-18H2,1-10H3,(H,32,40)(H,38,39);/t20-,21+,22-,23+,30-,31-,32+,37-;20-,21+,22-,23+,25-,26-,27+,31-;/m00./s1. The molecule has 4 aliphatic heterocycles. The fourth-order valence-electron chi connectivity index (χ4n) is 15.1. The van der Waals surface area contributed by atoms with Crippen LogP contribution in [-0.4, -0.2) is 249 Å². The zero-order valence-electron chi connectivity index (χ0n) is 67.7. The van der Waals surface area contributed by atoms with E-state index in [1.807, 2.05) is 93.1 Å². The molecule has 0 saturated carbocycles. The van der Waals surface area contributed by atoms with Gasteiger partial charge in [-0.25, -0.2) is 31.1 Å². The Morgan fingerprint density at radius 2 is 0.814 bits per heavy atom. The topological polar surface area (TPSA) is 273 Å². The molecule has 113 heavy (non-hydrogen) atoms. The van der Waals surface area contributed by atoms with Crippen LogP contribution in [0.1, 0.15) is 160 Å². The number of nitrogens with one attached hydrogen (secondary N) is 2. The van der Waals surface area contributed by atoms with Crippen LogP contribution >= 0.6 is 0 Å². The molecule has 0 spiro atoms. The fraction of sp³-hybridized carbons (Fsp3) is 0.724. The van der Waals surface area contributed by atoms with Gasteiger partial charge in [0.15, 0.2) is 0 Å². The second-order valence-corrected chi connectivity index (χ2v) is 30.6. The number of hydrogen-bond donors (Lipinski definition) is 3. The van der Waals surface area contributed by atoms with Crippen LogP contribution in [0.3, 0.4) is 0 Å². The summed E-state index contributed by atoms with van der Waals surface area (Å²) < 4.78 is 199. The summed E-state index contributed by atoms with van der Waals surface area (Å²) in [7, 11) is 12.9. The zero-order chi connectivity index (χ0) is 86.3. The SMILES string of the molecule is CC[C@H](C)[C@@H]([C@@H](CC(=O)N1CCC[C@H]1[C@H](OC)[C@@H](C)C(=O)O)OC)N(C)C(=O)[C@@H](NC(=O)[C@]1(C)CCCN1C)C(C)C.CC[C@H](C)[C@@H]([C@@H](CC(=O)N1CCC[C@H]1[C@H](OC)[C@@H](C)C(=O)Oc1c(F)c(F)c(F)c(F)c1F)OC)N(C)C(=O)[C@@H](NC(=O)[C@]1(C)CCCN1C)C(C)C.O=C(Oc1c(F)c(F)c(F)c(F)c1F)C(F)(F)F. The summed E-state index contributed by atoms with van der Waals surface area (Å²) in [5, 5.41) is 15.6. The van der Waals surface area contributed by atoms with Gasteiger partial charge < -0.3 is 63.8 Å². The molecule has 4 saturated heterocycles. The molecule has 37 heteroatoms. The number of methoxy groups -OCH3 is 4. The first-order valence-corrected chi connectivity index (χ1v) is 37.6. The van der Waals surface area contributed by atoms with Crippen LogP contribution < -0.4 is 20.1 Å². The van der Waals surface area contributed by atoms with Crippen molar-refractivity contribution < 1.29 is 134 Å². The molecule has 4 fully saturated rings. The lowest BCUT2D eigenvalue weighted by molar-refractivity contribution is -0.190. The number of halogens is 13. The Bertz CT molecular complexity index is 3610. The Kier molecular flexibility index (Phi) is 36.3. The summed E-state index contributed by atoms with van der Waals surface area (Å²) in [4.78, 5) is 128. The Morgan fingerprint density at radius 1 is 0.496 bits per heavy atom. The first kappa shape index (κ1) is 97.9. The number of carboxylic acid groups (broad SMARTS) is 1. The highest BCUT2D eigenvalue weighted by atomic mass is 19.4. The summed E-state index contributed by atoms with van der Waals surface area (Å²) in [6.07, 6.45) is -1.95. The molecule has 0 unspecified atom stereocenters. The minimum absolute atomic E-state index is 0.00632. The average molecular weight is 1640 g/mol. The van der Waals surface area contributed by atoms with Gasteiger partial charge in [0, 0.05) is 55.6 Å². The van der Waals surface area contributed by atoms with E-state index in [-0.39, 0.29) is 84.5 Å². The maximum absolute atomic E-state index is 14.3. The number of alkyl halides is 3. The van der Waals surface area contributed by atoms with Gasteiger partial charge in [-0.05, 0) is 130 Å². The summed E-state index contributed by atoms with van der Waals surface area (Å²) in [5.74, 6) is -38.0. The Balaban J connectivity index is 0.000000397. The number of esters is 2. The van der Waals surface area contributed by atoms with E-state index < -0.39 is 171 Å². The summed E-state index contributed by atoms with van der Waals surface area (Å²) in [6, 6.07) is -3.63. The van der Waals surface area contributed by atoms with Gasteiger partial charge in [0.1, 0.15) is 12.1 Å². The number of likely N-dealkylation sites (tertiary alicyclic amines) is 4. The average Bonchev–Trinajstić information content (AvgIpc) is 1.55. The van der Waals surface area contributed by atoms with Crippen molar-refractivity contribution >= 4 is 53.4 Å². The van der Waals surface area contributed by atoms with Gasteiger partial charge in [0.05, 0.1) is 84.3 Å². The monoisotopic (exact) mass is 1640 g/mol. The van der Waals surface area contributed by atoms with Crippen molar-refractivity contribution in [3.05, 3.63) is 58.2 Å². The van der Waals surface area contributed by atoms with E-state index in [4.69, 9.17) is 18.9 Å². The molecular weight excluding hydrogens is 1530 g/mol. The number of carbonyl (C=O) groups excluding carboxylic acids is 8. The van der Waals surface area contributed by atoms with Crippen LogP contribution in [0.25, 0.3) is 0 Å². The highest BCUT2D eigenvalue weighted by Crippen LogP contribution is 2.37. The van der Waals surface area contributed by atoms with Crippen LogP contribution in [-0.2, 0) is 62.1 Å². The van der Waals surface area contributed by atoms with Crippen molar-refractivity contribution in [2.75, 3.05) is 82.8 Å². The number of ether oxygens (including phenoxy) is 6. The molecule has 6 rings (SSSR count). The zero-order valence-corrected chi connectivity index (χ0v) is 67.7. The molecule has 0 radical (unpaired) electrons. The van der Waals surface area contributed by atoms with Gasteiger partial charge >= 0.3 is 24.1 Å². The lowest BCUT2D eigenvalue weighted by atomic mass is 9.89. The summed E-state index contributed by atoms with van der Waals surface area (Å²) in [5.41, 5.74) is -1.40. The molecular formula is C76H111F13N8O16. The number of amides is 6. The summed E-state index contributed by atoms with van der Waals surface area (Å²) >= 11 is 0. The lowest BCUT2D eigenvalue weighted by Crippen LogP contribution is -2.61. The normalized spacial score (nSPS) is 21.9.